The number of hydrogen-bond donors (Lipinski definition) is 3. The van der Waals surface area contributed by atoms with Gasteiger partial charge >= 0.3 is 0 Å². The molecule has 0 bridgehead atoms. The average Bonchev–Trinajstić information content (AvgIpc) is 2.73. The molecule has 90 valence electrons. The van der Waals surface area contributed by atoms with E-state index in [0.717, 1.165) is 0 Å². The largest absolute Gasteiger partial charge is 0.369 e. The second-order valence-electron chi connectivity index (χ2n) is 3.72. The molecule has 3 rings (SSSR count). The van der Waals surface area contributed by atoms with E-state index in [4.69, 9.17) is 17.3 Å². The molecule has 2 heterocycles. The van der Waals surface area contributed by atoms with Crippen LogP contribution >= 0.6 is 11.6 Å². The van der Waals surface area contributed by atoms with Crippen LogP contribution in [0.5, 0.6) is 0 Å². The molecule has 0 saturated heterocycles. The van der Waals surface area contributed by atoms with Gasteiger partial charge in [-0.1, -0.05) is 23.7 Å². The summed E-state index contributed by atoms with van der Waals surface area (Å²) in [6.45, 7) is 0. The lowest BCUT2D eigenvalue weighted by Crippen LogP contribution is -2.10. The van der Waals surface area contributed by atoms with E-state index in [9.17, 15) is 4.79 Å². The highest BCUT2D eigenvalue weighted by molar-refractivity contribution is 6.33. The molecule has 1 aromatic carbocycles. The van der Waals surface area contributed by atoms with Crippen molar-refractivity contribution in [1.29, 1.82) is 0 Å². The Morgan fingerprint density at radius 3 is 2.72 bits per heavy atom. The smallest absolute Gasteiger partial charge is 0.278 e. The van der Waals surface area contributed by atoms with Crippen molar-refractivity contribution in [2.24, 2.45) is 0 Å². The van der Waals surface area contributed by atoms with E-state index < -0.39 is 0 Å². The molecule has 0 spiro atoms. The Morgan fingerprint density at radius 2 is 1.94 bits per heavy atom. The zero-order chi connectivity index (χ0) is 12.7. The van der Waals surface area contributed by atoms with Gasteiger partial charge in [-0.05, 0) is 12.1 Å². The van der Waals surface area contributed by atoms with Gasteiger partial charge in [0.25, 0.3) is 5.56 Å². The molecule has 0 radical (unpaired) electrons. The van der Waals surface area contributed by atoms with Crippen LogP contribution in [0.1, 0.15) is 0 Å². The summed E-state index contributed by atoms with van der Waals surface area (Å²) >= 11 is 6.07. The summed E-state index contributed by atoms with van der Waals surface area (Å²) in [6, 6.07) is 7.20. The Hall–Kier alpha value is -2.34. The summed E-state index contributed by atoms with van der Waals surface area (Å²) in [5.41, 5.74) is 6.35. The summed E-state index contributed by atoms with van der Waals surface area (Å²) in [5, 5.41) is 0.543. The predicted molar refractivity (Wildman–Crippen MR) is 69.4 cm³/mol. The second kappa shape index (κ2) is 3.85. The first kappa shape index (κ1) is 10.8. The number of halogens is 1. The van der Waals surface area contributed by atoms with Crippen LogP contribution in [0.3, 0.4) is 0 Å². The van der Waals surface area contributed by atoms with Crippen LogP contribution in [-0.4, -0.2) is 19.9 Å². The van der Waals surface area contributed by atoms with Crippen molar-refractivity contribution in [2.75, 3.05) is 5.73 Å². The van der Waals surface area contributed by atoms with Crippen molar-refractivity contribution in [3.8, 4) is 11.4 Å². The lowest BCUT2D eigenvalue weighted by atomic mass is 10.2. The van der Waals surface area contributed by atoms with E-state index >= 15 is 0 Å². The summed E-state index contributed by atoms with van der Waals surface area (Å²) in [6.07, 6.45) is 0. The van der Waals surface area contributed by atoms with Crippen molar-refractivity contribution >= 4 is 28.7 Å². The normalized spacial score (nSPS) is 10.9. The van der Waals surface area contributed by atoms with E-state index in [2.05, 4.69) is 19.9 Å². The van der Waals surface area contributed by atoms with Crippen molar-refractivity contribution in [2.45, 2.75) is 0 Å². The van der Waals surface area contributed by atoms with E-state index in [1.54, 1.807) is 12.1 Å². The first-order valence-electron chi connectivity index (χ1n) is 5.15. The highest BCUT2D eigenvalue weighted by Crippen LogP contribution is 2.25. The van der Waals surface area contributed by atoms with Crippen LogP contribution < -0.4 is 11.3 Å². The van der Waals surface area contributed by atoms with Gasteiger partial charge in [0.15, 0.2) is 11.2 Å². The molecule has 0 atom stereocenters. The minimum atomic E-state index is -0.358. The molecular weight excluding hydrogens is 254 g/mol. The summed E-state index contributed by atoms with van der Waals surface area (Å²) in [5.74, 6) is 0.518. The number of hydrogen-bond acceptors (Lipinski definition) is 4. The zero-order valence-electron chi connectivity index (χ0n) is 9.07. The van der Waals surface area contributed by atoms with Gasteiger partial charge in [0.2, 0.25) is 5.95 Å². The highest BCUT2D eigenvalue weighted by Gasteiger charge is 2.11. The highest BCUT2D eigenvalue weighted by atomic mass is 35.5. The fourth-order valence-electron chi connectivity index (χ4n) is 1.70. The van der Waals surface area contributed by atoms with Gasteiger partial charge in [-0.15, -0.1) is 0 Å². The maximum absolute atomic E-state index is 11.6. The third kappa shape index (κ3) is 1.63. The van der Waals surface area contributed by atoms with Gasteiger partial charge in [0.1, 0.15) is 5.82 Å². The van der Waals surface area contributed by atoms with Crippen LogP contribution in [0.2, 0.25) is 5.02 Å². The van der Waals surface area contributed by atoms with Gasteiger partial charge < -0.3 is 10.7 Å². The van der Waals surface area contributed by atoms with Crippen molar-refractivity contribution in [3.05, 3.63) is 39.6 Å². The number of nitrogens with one attached hydrogen (secondary N) is 2. The van der Waals surface area contributed by atoms with Crippen molar-refractivity contribution < 1.29 is 0 Å². The number of nitrogens with two attached hydrogens (primary N) is 1. The molecule has 6 nitrogen and oxygen atoms in total. The Kier molecular flexibility index (Phi) is 2.31. The van der Waals surface area contributed by atoms with Crippen molar-refractivity contribution in [1.82, 2.24) is 19.9 Å². The molecule has 2 aromatic heterocycles. The quantitative estimate of drug-likeness (QED) is 0.619. The third-order valence-electron chi connectivity index (χ3n) is 2.51. The monoisotopic (exact) mass is 261 g/mol. The molecule has 18 heavy (non-hydrogen) atoms. The molecular formula is C11H8ClN5O. The first-order valence-corrected chi connectivity index (χ1v) is 5.53. The number of aromatic amines is 2. The number of imidazole rings is 1. The standard InChI is InChI=1S/C11H8ClN5O/c12-6-4-2-1-3-5(6)8-14-7-9(15-8)16-11(13)17-10(7)18/h1-4H,(H4,13,14,15,16,17,18). The molecule has 0 fully saturated rings. The van der Waals surface area contributed by atoms with Crippen LogP contribution in [0.25, 0.3) is 22.6 Å². The van der Waals surface area contributed by atoms with Crippen LogP contribution in [0.15, 0.2) is 29.1 Å². The molecule has 0 aliphatic carbocycles. The van der Waals surface area contributed by atoms with Crippen LogP contribution in [0.4, 0.5) is 5.95 Å². The minimum Gasteiger partial charge on any atom is -0.369 e. The fourth-order valence-corrected chi connectivity index (χ4v) is 1.93. The Bertz CT molecular complexity index is 791. The number of H-pyrrole nitrogens is 2. The second-order valence-corrected chi connectivity index (χ2v) is 4.12. The molecule has 7 heteroatoms. The fraction of sp³-hybridized carbons (Fsp3) is 0. The molecule has 0 amide bonds. The molecule has 4 N–H and O–H groups in total. The maximum Gasteiger partial charge on any atom is 0.278 e. The number of rotatable bonds is 1. The van der Waals surface area contributed by atoms with Gasteiger partial charge in [-0.2, -0.15) is 4.98 Å². The Balaban J connectivity index is 2.30. The molecule has 3 aromatic rings. The number of nitrogen functional groups attached to an aromatic ring is 1. The SMILES string of the molecule is Nc1nc2nc(-c3ccccc3Cl)[nH]c2c(=O)[nH]1. The van der Waals surface area contributed by atoms with Crippen molar-refractivity contribution in [3.63, 3.8) is 0 Å². The topological polar surface area (TPSA) is 100 Å². The van der Waals surface area contributed by atoms with Crippen LogP contribution in [-0.2, 0) is 0 Å². The number of nitrogens with zero attached hydrogens (tertiary/aromatic N) is 2. The minimum absolute atomic E-state index is 0.0321. The van der Waals surface area contributed by atoms with E-state index in [-0.39, 0.29) is 22.7 Å². The summed E-state index contributed by atoms with van der Waals surface area (Å²) < 4.78 is 0. The number of anilines is 1. The zero-order valence-corrected chi connectivity index (χ0v) is 9.82. The molecule has 0 unspecified atom stereocenters. The molecule has 0 aliphatic heterocycles. The van der Waals surface area contributed by atoms with Crippen LogP contribution in [0, 0.1) is 0 Å². The lowest BCUT2D eigenvalue weighted by Gasteiger charge is -1.97. The van der Waals surface area contributed by atoms with Gasteiger partial charge in [-0.3, -0.25) is 9.78 Å². The Morgan fingerprint density at radius 1 is 1.17 bits per heavy atom. The number of aromatic nitrogens is 4. The lowest BCUT2D eigenvalue weighted by molar-refractivity contribution is 1.17. The Labute approximate surface area is 106 Å². The third-order valence-corrected chi connectivity index (χ3v) is 2.84. The summed E-state index contributed by atoms with van der Waals surface area (Å²) in [4.78, 5) is 25.1. The number of fused-ring (bicyclic) bond motifs is 1. The number of benzene rings is 1. The molecule has 0 aliphatic rings. The van der Waals surface area contributed by atoms with Gasteiger partial charge in [0, 0.05) is 5.56 Å². The predicted octanol–water partition coefficient (Wildman–Crippen LogP) is 1.55. The van der Waals surface area contributed by atoms with E-state index in [1.807, 2.05) is 12.1 Å². The van der Waals surface area contributed by atoms with E-state index in [1.165, 1.54) is 0 Å². The van der Waals surface area contributed by atoms with Gasteiger partial charge in [0.05, 0.1) is 5.02 Å². The van der Waals surface area contributed by atoms with Gasteiger partial charge in [-0.25, -0.2) is 4.98 Å². The average molecular weight is 262 g/mol. The first-order chi connectivity index (χ1) is 8.65. The maximum atomic E-state index is 11.6. The summed E-state index contributed by atoms with van der Waals surface area (Å²) in [7, 11) is 0. The molecule has 0 saturated carbocycles. The van der Waals surface area contributed by atoms with E-state index in [0.29, 0.717) is 16.4 Å².